The number of benzene rings is 2. The smallest absolute Gasteiger partial charge is 0.261 e. The maximum absolute atomic E-state index is 13.3. The van der Waals surface area contributed by atoms with Crippen molar-refractivity contribution in [2.75, 3.05) is 6.54 Å². The minimum Gasteiger partial charge on any atom is -0.338 e. The molecule has 1 aliphatic heterocycles. The Bertz CT molecular complexity index is 1470. The maximum atomic E-state index is 13.3. The lowest BCUT2D eigenvalue weighted by atomic mass is 10.0. The molecule has 0 spiro atoms. The van der Waals surface area contributed by atoms with Crippen LogP contribution >= 0.6 is 0 Å². The van der Waals surface area contributed by atoms with Gasteiger partial charge in [0.1, 0.15) is 11.7 Å². The molecule has 3 heterocycles. The second-order valence-corrected chi connectivity index (χ2v) is 7.63. The van der Waals surface area contributed by atoms with Gasteiger partial charge in [0.25, 0.3) is 17.4 Å². The van der Waals surface area contributed by atoms with Crippen molar-refractivity contribution in [1.82, 2.24) is 14.3 Å². The summed E-state index contributed by atoms with van der Waals surface area (Å²) in [5.74, 6) is -0.613. The number of aromatic amines is 1. The van der Waals surface area contributed by atoms with Crippen LogP contribution in [0, 0.1) is 18.3 Å². The van der Waals surface area contributed by atoms with E-state index >= 15 is 0 Å². The fourth-order valence-corrected chi connectivity index (χ4v) is 4.37. The van der Waals surface area contributed by atoms with Crippen LogP contribution < -0.4 is 5.56 Å². The van der Waals surface area contributed by atoms with Gasteiger partial charge in [0.2, 0.25) is 0 Å². The van der Waals surface area contributed by atoms with Crippen molar-refractivity contribution in [1.29, 1.82) is 5.26 Å². The summed E-state index contributed by atoms with van der Waals surface area (Å²) in [5, 5.41) is 9.74. The number of nitrogens with zero attached hydrogens (tertiary/aromatic N) is 3. The number of nitriles is 1. The number of rotatable bonds is 4. The monoisotopic (exact) mass is 410 g/mol. The molecule has 0 bridgehead atoms. The van der Waals surface area contributed by atoms with Crippen LogP contribution in [0.5, 0.6) is 0 Å². The minimum absolute atomic E-state index is 0.189. The van der Waals surface area contributed by atoms with E-state index in [2.05, 4.69) is 11.1 Å². The third-order valence-corrected chi connectivity index (χ3v) is 5.95. The molecule has 0 saturated heterocycles. The molecule has 0 saturated carbocycles. The Morgan fingerprint density at radius 2 is 1.61 bits per heavy atom. The van der Waals surface area contributed by atoms with Crippen molar-refractivity contribution in [3.05, 3.63) is 86.7 Å². The Kier molecular flexibility index (Phi) is 4.22. The van der Waals surface area contributed by atoms with E-state index in [0.717, 1.165) is 5.52 Å². The zero-order chi connectivity index (χ0) is 21.7. The quantitative estimate of drug-likeness (QED) is 0.523. The molecule has 1 N–H and O–H groups in total. The summed E-state index contributed by atoms with van der Waals surface area (Å²) >= 11 is 0. The number of carbonyl (C=O) groups is 2. The predicted octanol–water partition coefficient (Wildman–Crippen LogP) is 3.19. The Hall–Kier alpha value is -4.18. The van der Waals surface area contributed by atoms with Crippen LogP contribution in [0.4, 0.5) is 0 Å². The highest BCUT2D eigenvalue weighted by Gasteiger charge is 2.34. The van der Waals surface area contributed by atoms with Crippen molar-refractivity contribution in [3.63, 3.8) is 0 Å². The van der Waals surface area contributed by atoms with Crippen LogP contribution in [0.25, 0.3) is 16.7 Å². The number of H-pyrrole nitrogens is 1. The first kappa shape index (κ1) is 18.8. The summed E-state index contributed by atoms with van der Waals surface area (Å²) in [6.07, 6.45) is 0.788. The van der Waals surface area contributed by atoms with Crippen LogP contribution in [0.2, 0.25) is 0 Å². The molecule has 0 aliphatic carbocycles. The van der Waals surface area contributed by atoms with Gasteiger partial charge in [-0.15, -0.1) is 0 Å². The Labute approximate surface area is 177 Å². The van der Waals surface area contributed by atoms with Gasteiger partial charge >= 0.3 is 0 Å². The highest BCUT2D eigenvalue weighted by molar-refractivity contribution is 6.21. The summed E-state index contributed by atoms with van der Waals surface area (Å²) in [5.41, 5.74) is 4.18. The second kappa shape index (κ2) is 6.96. The molecule has 2 aromatic carbocycles. The first-order valence-corrected chi connectivity index (χ1v) is 10.0. The van der Waals surface area contributed by atoms with Crippen LogP contribution in [0.1, 0.15) is 43.8 Å². The van der Waals surface area contributed by atoms with Gasteiger partial charge in [0, 0.05) is 12.1 Å². The van der Waals surface area contributed by atoms with E-state index in [-0.39, 0.29) is 23.9 Å². The molecule has 2 amide bonds. The van der Waals surface area contributed by atoms with E-state index in [9.17, 15) is 19.6 Å². The number of fused-ring (bicyclic) bond motifs is 4. The summed E-state index contributed by atoms with van der Waals surface area (Å²) in [6, 6.07) is 16.4. The van der Waals surface area contributed by atoms with Crippen LogP contribution in [0.3, 0.4) is 0 Å². The molecule has 0 fully saturated rings. The highest BCUT2D eigenvalue weighted by Crippen LogP contribution is 2.24. The maximum Gasteiger partial charge on any atom is 0.261 e. The van der Waals surface area contributed by atoms with Gasteiger partial charge in [0.15, 0.2) is 0 Å². The molecule has 1 aliphatic rings. The normalized spacial score (nSPS) is 13.2. The summed E-state index contributed by atoms with van der Waals surface area (Å²) in [6.45, 7) is 1.98. The van der Waals surface area contributed by atoms with Crippen molar-refractivity contribution in [3.8, 4) is 6.07 Å². The number of aromatic nitrogens is 2. The Morgan fingerprint density at radius 3 is 2.29 bits per heavy atom. The number of pyridine rings is 1. The Balaban J connectivity index is 1.49. The number of imidazole rings is 1. The standard InChI is InChI=1S/C24H18N4O3/c1-14-15(9-6-12-27-22(29)16-7-2-3-8-17(16)23(27)30)24(31)28-20-11-5-4-10-19(20)26-21(28)18(14)13-25/h2-5,7-8,10-11,26H,6,9,12H2,1H3. The predicted molar refractivity (Wildman–Crippen MR) is 115 cm³/mol. The SMILES string of the molecule is Cc1c(CCCN2C(=O)c3ccccc3C2=O)c(=O)n2c([nH]c3ccccc32)c1C#N. The van der Waals surface area contributed by atoms with E-state index in [1.807, 2.05) is 24.3 Å². The molecular weight excluding hydrogens is 392 g/mol. The van der Waals surface area contributed by atoms with Gasteiger partial charge < -0.3 is 4.98 Å². The molecule has 7 nitrogen and oxygen atoms in total. The largest absolute Gasteiger partial charge is 0.338 e. The number of imide groups is 1. The second-order valence-electron chi connectivity index (χ2n) is 7.63. The number of hydrogen-bond acceptors (Lipinski definition) is 4. The number of nitrogens with one attached hydrogen (secondary N) is 1. The van der Waals surface area contributed by atoms with Gasteiger partial charge in [-0.2, -0.15) is 5.26 Å². The lowest BCUT2D eigenvalue weighted by molar-refractivity contribution is 0.0652. The van der Waals surface area contributed by atoms with Gasteiger partial charge in [-0.3, -0.25) is 23.7 Å². The summed E-state index contributed by atoms with van der Waals surface area (Å²) < 4.78 is 1.54. The first-order chi connectivity index (χ1) is 15.0. The van der Waals surface area contributed by atoms with Gasteiger partial charge in [-0.25, -0.2) is 0 Å². The molecular formula is C24H18N4O3. The topological polar surface area (TPSA) is 98.4 Å². The Morgan fingerprint density at radius 1 is 0.968 bits per heavy atom. The lowest BCUT2D eigenvalue weighted by Gasteiger charge is -2.14. The molecule has 0 atom stereocenters. The van der Waals surface area contributed by atoms with Crippen molar-refractivity contribution < 1.29 is 9.59 Å². The van der Waals surface area contributed by atoms with Crippen molar-refractivity contribution in [2.45, 2.75) is 19.8 Å². The van der Waals surface area contributed by atoms with Gasteiger partial charge in [-0.1, -0.05) is 24.3 Å². The highest BCUT2D eigenvalue weighted by atomic mass is 16.2. The number of para-hydroxylation sites is 2. The zero-order valence-electron chi connectivity index (χ0n) is 16.8. The lowest BCUT2D eigenvalue weighted by Crippen LogP contribution is -2.31. The fourth-order valence-electron chi connectivity index (χ4n) is 4.37. The molecule has 5 rings (SSSR count). The van der Waals surface area contributed by atoms with Gasteiger partial charge in [0.05, 0.1) is 27.7 Å². The molecule has 4 aromatic rings. The molecule has 0 unspecified atom stereocenters. The van der Waals surface area contributed by atoms with Gasteiger partial charge in [-0.05, 0) is 49.6 Å². The number of hydrogen-bond donors (Lipinski definition) is 1. The molecule has 31 heavy (non-hydrogen) atoms. The van der Waals surface area contributed by atoms with E-state index in [1.165, 1.54) is 9.30 Å². The minimum atomic E-state index is -0.307. The fraction of sp³-hybridized carbons (Fsp3) is 0.167. The molecule has 0 radical (unpaired) electrons. The average molecular weight is 410 g/mol. The number of amides is 2. The van der Waals surface area contributed by atoms with E-state index in [4.69, 9.17) is 0 Å². The van der Waals surface area contributed by atoms with Crippen molar-refractivity contribution in [2.24, 2.45) is 0 Å². The van der Waals surface area contributed by atoms with Crippen LogP contribution in [0.15, 0.2) is 53.3 Å². The van der Waals surface area contributed by atoms with Crippen LogP contribution in [-0.2, 0) is 6.42 Å². The summed E-state index contributed by atoms with van der Waals surface area (Å²) in [7, 11) is 0. The third kappa shape index (κ3) is 2.69. The third-order valence-electron chi connectivity index (χ3n) is 5.95. The van der Waals surface area contributed by atoms with Crippen molar-refractivity contribution >= 4 is 28.5 Å². The van der Waals surface area contributed by atoms with E-state index in [0.29, 0.717) is 51.8 Å². The number of carbonyl (C=O) groups excluding carboxylic acids is 2. The zero-order valence-corrected chi connectivity index (χ0v) is 16.8. The molecule has 2 aromatic heterocycles. The molecule has 7 heteroatoms. The van der Waals surface area contributed by atoms with E-state index in [1.54, 1.807) is 31.2 Å². The van der Waals surface area contributed by atoms with E-state index < -0.39 is 0 Å². The molecule has 152 valence electrons. The summed E-state index contributed by atoms with van der Waals surface area (Å²) in [4.78, 5) is 42.8. The first-order valence-electron chi connectivity index (χ1n) is 10.0. The average Bonchev–Trinajstić information content (AvgIpc) is 3.27. The van der Waals surface area contributed by atoms with Crippen LogP contribution in [-0.4, -0.2) is 32.6 Å².